The summed E-state index contributed by atoms with van der Waals surface area (Å²) in [5.41, 5.74) is 2.98. The Hall–Kier alpha value is -0.860. The molecule has 0 bridgehead atoms. The largest absolute Gasteiger partial charge is 0.303 e. The monoisotopic (exact) mass is 272 g/mol. The van der Waals surface area contributed by atoms with Gasteiger partial charge in [-0.2, -0.15) is 0 Å². The van der Waals surface area contributed by atoms with Crippen LogP contribution in [0.25, 0.3) is 0 Å². The summed E-state index contributed by atoms with van der Waals surface area (Å²) in [4.78, 5) is 5.20. The molecule has 0 saturated carbocycles. The second kappa shape index (κ2) is 7.24. The van der Waals surface area contributed by atoms with Crippen LogP contribution in [0, 0.1) is 0 Å². The molecule has 0 spiro atoms. The van der Waals surface area contributed by atoms with E-state index in [9.17, 15) is 0 Å². The van der Waals surface area contributed by atoms with Crippen molar-refractivity contribution in [1.29, 1.82) is 0 Å². The van der Waals surface area contributed by atoms with Gasteiger partial charge in [-0.1, -0.05) is 30.7 Å². The van der Waals surface area contributed by atoms with Gasteiger partial charge in [-0.25, -0.2) is 0 Å². The number of likely N-dealkylation sites (tertiary alicyclic amines) is 2. The first-order valence-corrected chi connectivity index (χ1v) is 8.43. The SMILES string of the molecule is c1cc(CN2CCCCC2)ccc1CCN1CCCC1. The molecule has 0 N–H and O–H groups in total. The molecule has 0 aromatic heterocycles. The third-order valence-corrected chi connectivity index (χ3v) is 4.79. The van der Waals surface area contributed by atoms with Crippen LogP contribution in [-0.4, -0.2) is 42.5 Å². The van der Waals surface area contributed by atoms with Gasteiger partial charge < -0.3 is 4.90 Å². The quantitative estimate of drug-likeness (QED) is 0.811. The molecule has 2 aliphatic rings. The van der Waals surface area contributed by atoms with Crippen molar-refractivity contribution in [3.8, 4) is 0 Å². The fourth-order valence-corrected chi connectivity index (χ4v) is 3.48. The van der Waals surface area contributed by atoms with Crippen LogP contribution in [-0.2, 0) is 13.0 Å². The van der Waals surface area contributed by atoms with E-state index in [0.717, 1.165) is 6.54 Å². The summed E-state index contributed by atoms with van der Waals surface area (Å²) in [6.45, 7) is 7.59. The molecule has 3 rings (SSSR count). The van der Waals surface area contributed by atoms with Crippen molar-refractivity contribution in [2.75, 3.05) is 32.7 Å². The molecule has 0 aliphatic carbocycles. The van der Waals surface area contributed by atoms with E-state index in [4.69, 9.17) is 0 Å². The highest BCUT2D eigenvalue weighted by Crippen LogP contribution is 2.14. The molecule has 2 fully saturated rings. The number of hydrogen-bond acceptors (Lipinski definition) is 2. The Labute approximate surface area is 123 Å². The third kappa shape index (κ3) is 4.07. The van der Waals surface area contributed by atoms with Crippen LogP contribution in [0.3, 0.4) is 0 Å². The zero-order valence-electron chi connectivity index (χ0n) is 12.7. The van der Waals surface area contributed by atoms with Gasteiger partial charge in [0.15, 0.2) is 0 Å². The van der Waals surface area contributed by atoms with Gasteiger partial charge in [0.25, 0.3) is 0 Å². The minimum absolute atomic E-state index is 1.15. The van der Waals surface area contributed by atoms with Gasteiger partial charge in [-0.3, -0.25) is 4.90 Å². The molecule has 0 unspecified atom stereocenters. The van der Waals surface area contributed by atoms with Gasteiger partial charge in [0, 0.05) is 13.1 Å². The molecular formula is C18H28N2. The van der Waals surface area contributed by atoms with Crippen LogP contribution in [0.4, 0.5) is 0 Å². The lowest BCUT2D eigenvalue weighted by Gasteiger charge is -2.26. The zero-order chi connectivity index (χ0) is 13.6. The molecule has 1 aromatic carbocycles. The van der Waals surface area contributed by atoms with E-state index in [-0.39, 0.29) is 0 Å². The topological polar surface area (TPSA) is 6.48 Å². The number of nitrogens with zero attached hydrogens (tertiary/aromatic N) is 2. The minimum Gasteiger partial charge on any atom is -0.303 e. The van der Waals surface area contributed by atoms with E-state index in [1.54, 1.807) is 0 Å². The molecule has 0 amide bonds. The van der Waals surface area contributed by atoms with Gasteiger partial charge in [0.05, 0.1) is 0 Å². The lowest BCUT2D eigenvalue weighted by Crippen LogP contribution is -2.29. The summed E-state index contributed by atoms with van der Waals surface area (Å²) in [5.74, 6) is 0. The smallest absolute Gasteiger partial charge is 0.0233 e. The van der Waals surface area contributed by atoms with Crippen molar-refractivity contribution in [1.82, 2.24) is 9.80 Å². The Morgan fingerprint density at radius 3 is 1.90 bits per heavy atom. The molecule has 2 saturated heterocycles. The van der Waals surface area contributed by atoms with Gasteiger partial charge in [0.2, 0.25) is 0 Å². The van der Waals surface area contributed by atoms with Gasteiger partial charge >= 0.3 is 0 Å². The first-order chi connectivity index (χ1) is 9.90. The van der Waals surface area contributed by atoms with Gasteiger partial charge in [-0.15, -0.1) is 0 Å². The van der Waals surface area contributed by atoms with Gasteiger partial charge in [-0.05, 0) is 69.4 Å². The van der Waals surface area contributed by atoms with Crippen molar-refractivity contribution in [2.24, 2.45) is 0 Å². The van der Waals surface area contributed by atoms with Crippen LogP contribution >= 0.6 is 0 Å². The number of piperidine rings is 1. The van der Waals surface area contributed by atoms with E-state index in [2.05, 4.69) is 34.1 Å². The Morgan fingerprint density at radius 2 is 1.20 bits per heavy atom. The lowest BCUT2D eigenvalue weighted by molar-refractivity contribution is 0.221. The fourth-order valence-electron chi connectivity index (χ4n) is 3.48. The number of benzene rings is 1. The molecule has 20 heavy (non-hydrogen) atoms. The second-order valence-corrected chi connectivity index (χ2v) is 6.45. The summed E-state index contributed by atoms with van der Waals surface area (Å²) in [5, 5.41) is 0. The molecule has 110 valence electrons. The van der Waals surface area contributed by atoms with Crippen molar-refractivity contribution in [3.63, 3.8) is 0 Å². The highest BCUT2D eigenvalue weighted by Gasteiger charge is 2.12. The zero-order valence-corrected chi connectivity index (χ0v) is 12.7. The Balaban J connectivity index is 1.46. The predicted octanol–water partition coefficient (Wildman–Crippen LogP) is 3.31. The average molecular weight is 272 g/mol. The molecule has 2 nitrogen and oxygen atoms in total. The molecule has 0 atom stereocenters. The maximum atomic E-state index is 2.60. The lowest BCUT2D eigenvalue weighted by atomic mass is 10.1. The highest BCUT2D eigenvalue weighted by atomic mass is 15.1. The molecule has 2 heteroatoms. The first kappa shape index (κ1) is 14.1. The summed E-state index contributed by atoms with van der Waals surface area (Å²) >= 11 is 0. The third-order valence-electron chi connectivity index (χ3n) is 4.79. The molecule has 2 heterocycles. The maximum Gasteiger partial charge on any atom is 0.0233 e. The van der Waals surface area contributed by atoms with Crippen LogP contribution < -0.4 is 0 Å². The van der Waals surface area contributed by atoms with Crippen molar-refractivity contribution < 1.29 is 0 Å². The van der Waals surface area contributed by atoms with Crippen LogP contribution in [0.15, 0.2) is 24.3 Å². The number of hydrogen-bond donors (Lipinski definition) is 0. The first-order valence-electron chi connectivity index (χ1n) is 8.43. The Morgan fingerprint density at radius 1 is 0.650 bits per heavy atom. The predicted molar refractivity (Wildman–Crippen MR) is 84.9 cm³/mol. The Bertz CT molecular complexity index is 386. The van der Waals surface area contributed by atoms with Crippen molar-refractivity contribution in [2.45, 2.75) is 45.1 Å². The van der Waals surface area contributed by atoms with E-state index in [1.807, 2.05) is 0 Å². The summed E-state index contributed by atoms with van der Waals surface area (Å²) in [6, 6.07) is 9.37. The van der Waals surface area contributed by atoms with E-state index < -0.39 is 0 Å². The van der Waals surface area contributed by atoms with E-state index in [0.29, 0.717) is 0 Å². The molecular weight excluding hydrogens is 244 g/mol. The normalized spacial score (nSPS) is 21.4. The van der Waals surface area contributed by atoms with Gasteiger partial charge in [0.1, 0.15) is 0 Å². The minimum atomic E-state index is 1.15. The maximum absolute atomic E-state index is 2.60. The molecule has 2 aliphatic heterocycles. The second-order valence-electron chi connectivity index (χ2n) is 6.45. The molecule has 1 aromatic rings. The van der Waals surface area contributed by atoms with Crippen molar-refractivity contribution >= 4 is 0 Å². The summed E-state index contributed by atoms with van der Waals surface area (Å²) in [6.07, 6.45) is 8.20. The van der Waals surface area contributed by atoms with Crippen LogP contribution in [0.5, 0.6) is 0 Å². The van der Waals surface area contributed by atoms with Crippen LogP contribution in [0.2, 0.25) is 0 Å². The van der Waals surface area contributed by atoms with Crippen LogP contribution in [0.1, 0.15) is 43.2 Å². The average Bonchev–Trinajstić information content (AvgIpc) is 3.01. The number of rotatable bonds is 5. The van der Waals surface area contributed by atoms with Crippen molar-refractivity contribution in [3.05, 3.63) is 35.4 Å². The van der Waals surface area contributed by atoms with E-state index in [1.165, 1.54) is 82.4 Å². The molecule has 0 radical (unpaired) electrons. The van der Waals surface area contributed by atoms with E-state index >= 15 is 0 Å². The fraction of sp³-hybridized carbons (Fsp3) is 0.667. The summed E-state index contributed by atoms with van der Waals surface area (Å²) in [7, 11) is 0. The highest BCUT2D eigenvalue weighted by molar-refractivity contribution is 5.22. The Kier molecular flexibility index (Phi) is 5.10. The summed E-state index contributed by atoms with van der Waals surface area (Å²) < 4.78 is 0. The standard InChI is InChI=1S/C18H28N2/c1-2-13-20(14-3-1)16-18-8-6-17(7-9-18)10-15-19-11-4-5-12-19/h6-9H,1-5,10-16H2.